The highest BCUT2D eigenvalue weighted by molar-refractivity contribution is 5.76. The molecule has 3 aliphatic heterocycles. The Balaban J connectivity index is 1.06. The van der Waals surface area contributed by atoms with Crippen LogP contribution in [0.4, 0.5) is 5.82 Å². The van der Waals surface area contributed by atoms with Crippen LogP contribution in [0.15, 0.2) is 42.6 Å². The molecular formula is C26H34N4O3. The second-order valence-electron chi connectivity index (χ2n) is 9.32. The molecule has 2 saturated heterocycles. The maximum Gasteiger partial charge on any atom is 0.222 e. The van der Waals surface area contributed by atoms with Crippen molar-refractivity contribution >= 4 is 11.7 Å². The van der Waals surface area contributed by atoms with Gasteiger partial charge in [0, 0.05) is 51.9 Å². The van der Waals surface area contributed by atoms with Gasteiger partial charge in [-0.15, -0.1) is 0 Å². The smallest absolute Gasteiger partial charge is 0.222 e. The number of ether oxygens (including phenoxy) is 2. The predicted molar refractivity (Wildman–Crippen MR) is 128 cm³/mol. The minimum atomic E-state index is 0.305. The number of likely N-dealkylation sites (tertiary alicyclic amines) is 1. The van der Waals surface area contributed by atoms with Crippen LogP contribution in [0.1, 0.15) is 31.2 Å². The summed E-state index contributed by atoms with van der Waals surface area (Å²) in [6.45, 7) is 7.64. The van der Waals surface area contributed by atoms with Gasteiger partial charge in [0.15, 0.2) is 11.5 Å². The summed E-state index contributed by atoms with van der Waals surface area (Å²) < 4.78 is 11.4. The van der Waals surface area contributed by atoms with Crippen LogP contribution in [0.25, 0.3) is 0 Å². The SMILES string of the molecule is O=C(CC[C@@H]1CCCN(Cc2ccc3c(c2)OCCO3)C1)N1CCN(c2ccccn2)CC1. The predicted octanol–water partition coefficient (Wildman–Crippen LogP) is 3.19. The van der Waals surface area contributed by atoms with Crippen LogP contribution in [-0.2, 0) is 11.3 Å². The van der Waals surface area contributed by atoms with Gasteiger partial charge in [0.1, 0.15) is 19.0 Å². The average Bonchev–Trinajstić information content (AvgIpc) is 2.88. The molecular weight excluding hydrogens is 416 g/mol. The third-order valence-corrected chi connectivity index (χ3v) is 6.99. The van der Waals surface area contributed by atoms with Gasteiger partial charge in [0.2, 0.25) is 5.91 Å². The Hall–Kier alpha value is -2.80. The number of hydrogen-bond donors (Lipinski definition) is 0. The molecule has 0 radical (unpaired) electrons. The summed E-state index contributed by atoms with van der Waals surface area (Å²) in [5.74, 6) is 3.61. The summed E-state index contributed by atoms with van der Waals surface area (Å²) in [5.41, 5.74) is 1.27. The Morgan fingerprint density at radius 3 is 2.67 bits per heavy atom. The van der Waals surface area contributed by atoms with E-state index in [4.69, 9.17) is 9.47 Å². The summed E-state index contributed by atoms with van der Waals surface area (Å²) >= 11 is 0. The Morgan fingerprint density at radius 1 is 1.00 bits per heavy atom. The van der Waals surface area contributed by atoms with Crippen molar-refractivity contribution < 1.29 is 14.3 Å². The molecule has 1 amide bonds. The molecule has 0 saturated carbocycles. The highest BCUT2D eigenvalue weighted by Crippen LogP contribution is 2.32. The highest BCUT2D eigenvalue weighted by atomic mass is 16.6. The lowest BCUT2D eigenvalue weighted by Gasteiger charge is -2.36. The maximum absolute atomic E-state index is 12.8. The molecule has 7 nitrogen and oxygen atoms in total. The minimum Gasteiger partial charge on any atom is -0.486 e. The van der Waals surface area contributed by atoms with Crippen LogP contribution in [0.5, 0.6) is 11.5 Å². The number of nitrogens with zero attached hydrogens (tertiary/aromatic N) is 4. The van der Waals surface area contributed by atoms with Crippen molar-refractivity contribution in [3.05, 3.63) is 48.2 Å². The van der Waals surface area contributed by atoms with Crippen molar-refractivity contribution in [3.63, 3.8) is 0 Å². The number of rotatable bonds is 6. The Bertz CT molecular complexity index is 930. The van der Waals surface area contributed by atoms with Gasteiger partial charge in [-0.25, -0.2) is 4.98 Å². The van der Waals surface area contributed by atoms with Gasteiger partial charge in [-0.05, 0) is 61.6 Å². The molecule has 3 aliphatic rings. The zero-order valence-corrected chi connectivity index (χ0v) is 19.3. The van der Waals surface area contributed by atoms with E-state index in [2.05, 4.69) is 26.9 Å². The second-order valence-corrected chi connectivity index (χ2v) is 9.32. The standard InChI is InChI=1S/C26H34N4O3/c31-26(30-14-12-29(13-15-30)25-5-1-2-10-27-25)9-7-21-4-3-11-28(19-21)20-22-6-8-23-24(18-22)33-17-16-32-23/h1-2,5-6,8,10,18,21H,3-4,7,9,11-17,19-20H2/t21-/m0/s1. The fourth-order valence-corrected chi connectivity index (χ4v) is 5.19. The van der Waals surface area contributed by atoms with Crippen LogP contribution < -0.4 is 14.4 Å². The molecule has 5 rings (SSSR count). The van der Waals surface area contributed by atoms with Crippen molar-refractivity contribution in [2.75, 3.05) is 57.4 Å². The first-order chi connectivity index (χ1) is 16.2. The maximum atomic E-state index is 12.8. The number of hydrogen-bond acceptors (Lipinski definition) is 6. The number of anilines is 1. The number of piperazine rings is 1. The number of carbonyl (C=O) groups is 1. The summed E-state index contributed by atoms with van der Waals surface area (Å²) in [7, 11) is 0. The molecule has 0 unspecified atom stereocenters. The van der Waals surface area contributed by atoms with Crippen molar-refractivity contribution in [2.24, 2.45) is 5.92 Å². The quantitative estimate of drug-likeness (QED) is 0.674. The number of amides is 1. The fraction of sp³-hybridized carbons (Fsp3) is 0.538. The van der Waals surface area contributed by atoms with Gasteiger partial charge < -0.3 is 19.3 Å². The summed E-state index contributed by atoms with van der Waals surface area (Å²) in [4.78, 5) is 24.1. The van der Waals surface area contributed by atoms with Gasteiger partial charge in [-0.1, -0.05) is 12.1 Å². The van der Waals surface area contributed by atoms with Gasteiger partial charge in [-0.2, -0.15) is 0 Å². The van der Waals surface area contributed by atoms with Crippen LogP contribution in [0, 0.1) is 5.92 Å². The molecule has 176 valence electrons. The van der Waals surface area contributed by atoms with E-state index in [-0.39, 0.29) is 0 Å². The van der Waals surface area contributed by atoms with E-state index < -0.39 is 0 Å². The highest BCUT2D eigenvalue weighted by Gasteiger charge is 2.25. The van der Waals surface area contributed by atoms with Crippen LogP contribution in [0.3, 0.4) is 0 Å². The molecule has 2 aromatic rings. The Kier molecular flexibility index (Phi) is 6.95. The second kappa shape index (κ2) is 10.4. The molecule has 1 atom stereocenters. The first-order valence-electron chi connectivity index (χ1n) is 12.3. The van der Waals surface area contributed by atoms with E-state index in [1.54, 1.807) is 0 Å². The fourth-order valence-electron chi connectivity index (χ4n) is 5.19. The monoisotopic (exact) mass is 450 g/mol. The zero-order chi connectivity index (χ0) is 22.5. The third-order valence-electron chi connectivity index (χ3n) is 6.99. The van der Waals surface area contributed by atoms with Gasteiger partial charge >= 0.3 is 0 Å². The lowest BCUT2D eigenvalue weighted by molar-refractivity contribution is -0.131. The largest absolute Gasteiger partial charge is 0.486 e. The average molecular weight is 451 g/mol. The molecule has 2 fully saturated rings. The number of piperidine rings is 1. The number of fused-ring (bicyclic) bond motifs is 1. The van der Waals surface area contributed by atoms with E-state index in [9.17, 15) is 4.79 Å². The summed E-state index contributed by atoms with van der Waals surface area (Å²) in [5, 5.41) is 0. The van der Waals surface area contributed by atoms with Gasteiger partial charge in [-0.3, -0.25) is 9.69 Å². The van der Waals surface area contributed by atoms with Crippen LogP contribution in [-0.4, -0.2) is 73.2 Å². The zero-order valence-electron chi connectivity index (χ0n) is 19.3. The van der Waals surface area contributed by atoms with E-state index in [0.717, 1.165) is 69.6 Å². The normalized spacial score (nSPS) is 21.2. The molecule has 0 N–H and O–H groups in total. The number of benzene rings is 1. The lowest BCUT2D eigenvalue weighted by atomic mass is 9.92. The Morgan fingerprint density at radius 2 is 1.85 bits per heavy atom. The molecule has 4 heterocycles. The molecule has 1 aromatic carbocycles. The van der Waals surface area contributed by atoms with Crippen LogP contribution in [0.2, 0.25) is 0 Å². The molecule has 1 aromatic heterocycles. The third kappa shape index (κ3) is 5.58. The first kappa shape index (κ1) is 22.0. The van der Waals surface area contributed by atoms with E-state index in [0.29, 0.717) is 31.5 Å². The molecule has 0 aliphatic carbocycles. The number of pyridine rings is 1. The molecule has 7 heteroatoms. The Labute approximate surface area is 196 Å². The van der Waals surface area contributed by atoms with Crippen LogP contribution >= 0.6 is 0 Å². The lowest BCUT2D eigenvalue weighted by Crippen LogP contribution is -2.49. The topological polar surface area (TPSA) is 58.1 Å². The summed E-state index contributed by atoms with van der Waals surface area (Å²) in [6, 6.07) is 12.3. The number of carbonyl (C=O) groups excluding carboxylic acids is 1. The minimum absolute atomic E-state index is 0.305. The van der Waals surface area contributed by atoms with Crippen molar-refractivity contribution in [3.8, 4) is 11.5 Å². The van der Waals surface area contributed by atoms with Crippen molar-refractivity contribution in [1.29, 1.82) is 0 Å². The first-order valence-corrected chi connectivity index (χ1v) is 12.3. The van der Waals surface area contributed by atoms with Crippen molar-refractivity contribution in [1.82, 2.24) is 14.8 Å². The molecule has 0 spiro atoms. The van der Waals surface area contributed by atoms with E-state index in [1.807, 2.05) is 35.4 Å². The molecule has 0 bridgehead atoms. The van der Waals surface area contributed by atoms with E-state index in [1.165, 1.54) is 18.4 Å². The number of aromatic nitrogens is 1. The van der Waals surface area contributed by atoms with Gasteiger partial charge in [0.25, 0.3) is 0 Å². The van der Waals surface area contributed by atoms with E-state index >= 15 is 0 Å². The summed E-state index contributed by atoms with van der Waals surface area (Å²) in [6.07, 6.45) is 5.89. The van der Waals surface area contributed by atoms with Crippen molar-refractivity contribution in [2.45, 2.75) is 32.2 Å². The molecule has 33 heavy (non-hydrogen) atoms. The van der Waals surface area contributed by atoms with Gasteiger partial charge in [0.05, 0.1) is 0 Å².